The molecule has 2 aromatic carbocycles. The number of fused-ring (bicyclic) bond motifs is 2. The summed E-state index contributed by atoms with van der Waals surface area (Å²) in [5.41, 5.74) is 3.93. The fourth-order valence-corrected chi connectivity index (χ4v) is 6.43. The molecule has 236 valence electrons. The van der Waals surface area contributed by atoms with Crippen molar-refractivity contribution in [3.05, 3.63) is 69.8 Å². The SMILES string of the molecule is CC(C)(C)c1cccc2c1C(=O)N(C1CCC(=O)NC1=O)C2=O.CC(C)(C)c1cccc2c1CN(C1CCC(=O)NC1=O)C2=O. The van der Waals surface area contributed by atoms with Gasteiger partial charge in [-0.2, -0.15) is 0 Å². The smallest absolute Gasteiger partial charge is 0.262 e. The molecule has 0 saturated carbocycles. The van der Waals surface area contributed by atoms with E-state index in [2.05, 4.69) is 31.4 Å². The lowest BCUT2D eigenvalue weighted by atomic mass is 9.82. The van der Waals surface area contributed by atoms with E-state index in [9.17, 15) is 33.6 Å². The molecule has 45 heavy (non-hydrogen) atoms. The summed E-state index contributed by atoms with van der Waals surface area (Å²) >= 11 is 0. The molecule has 0 aliphatic carbocycles. The van der Waals surface area contributed by atoms with Crippen LogP contribution in [0.4, 0.5) is 0 Å². The molecule has 2 N–H and O–H groups in total. The molecule has 0 bridgehead atoms. The summed E-state index contributed by atoms with van der Waals surface area (Å²) in [5.74, 6) is -2.63. The van der Waals surface area contributed by atoms with Crippen LogP contribution in [0.1, 0.15) is 115 Å². The number of nitrogens with one attached hydrogen (secondary N) is 2. The topological polar surface area (TPSA) is 150 Å². The second-order valence-corrected chi connectivity index (χ2v) is 13.9. The Kier molecular flexibility index (Phi) is 8.01. The monoisotopic (exact) mass is 614 g/mol. The first-order chi connectivity index (χ1) is 21.0. The van der Waals surface area contributed by atoms with Crippen molar-refractivity contribution in [2.45, 2.75) is 96.7 Å². The van der Waals surface area contributed by atoms with Gasteiger partial charge in [0, 0.05) is 24.9 Å². The van der Waals surface area contributed by atoms with E-state index in [0.29, 0.717) is 29.7 Å². The van der Waals surface area contributed by atoms with Gasteiger partial charge in [-0.25, -0.2) is 0 Å². The maximum absolute atomic E-state index is 12.8. The molecule has 2 unspecified atom stereocenters. The standard InChI is InChI=1S/C17H18N2O4.C17H20N2O3/c1-17(2,3)10-6-4-5-9-13(10)16(23)19(15(9)22)11-7-8-12(20)18-14(11)21;1-17(2,3)12-6-4-5-10-11(12)9-19(16(10)22)13-7-8-14(20)18-15(13)21/h4-6,11H,7-8H2,1-3H3,(H,18,20,21);4-6,13H,7-9H2,1-3H3,(H,18,20,21). The molecule has 4 heterocycles. The zero-order chi connectivity index (χ0) is 33.0. The van der Waals surface area contributed by atoms with Crippen LogP contribution in [0.15, 0.2) is 36.4 Å². The predicted octanol–water partition coefficient (Wildman–Crippen LogP) is 3.13. The predicted molar refractivity (Wildman–Crippen MR) is 163 cm³/mol. The van der Waals surface area contributed by atoms with Crippen LogP contribution in [0.5, 0.6) is 0 Å². The molecule has 2 saturated heterocycles. The van der Waals surface area contributed by atoms with Crippen molar-refractivity contribution in [3.8, 4) is 0 Å². The van der Waals surface area contributed by atoms with Crippen molar-refractivity contribution in [3.63, 3.8) is 0 Å². The summed E-state index contributed by atoms with van der Waals surface area (Å²) in [7, 11) is 0. The van der Waals surface area contributed by atoms with E-state index in [-0.39, 0.29) is 53.7 Å². The Bertz CT molecular complexity index is 1660. The molecule has 2 atom stereocenters. The van der Waals surface area contributed by atoms with Gasteiger partial charge in [0.15, 0.2) is 0 Å². The minimum Gasteiger partial charge on any atom is -0.322 e. The minimum absolute atomic E-state index is 0.0631. The molecule has 4 aliphatic heterocycles. The second kappa shape index (κ2) is 11.4. The van der Waals surface area contributed by atoms with Crippen LogP contribution in [-0.4, -0.2) is 63.2 Å². The van der Waals surface area contributed by atoms with Crippen molar-refractivity contribution in [2.24, 2.45) is 0 Å². The van der Waals surface area contributed by atoms with Crippen LogP contribution in [0.25, 0.3) is 0 Å². The van der Waals surface area contributed by atoms with E-state index >= 15 is 0 Å². The molecule has 0 spiro atoms. The van der Waals surface area contributed by atoms with Gasteiger partial charge in [-0.1, -0.05) is 65.8 Å². The number of hydrogen-bond donors (Lipinski definition) is 2. The summed E-state index contributed by atoms with van der Waals surface area (Å²) in [6.45, 7) is 12.7. The fraction of sp³-hybridized carbons (Fsp3) is 0.441. The number of amides is 7. The van der Waals surface area contributed by atoms with Gasteiger partial charge in [0.1, 0.15) is 12.1 Å². The Hall–Kier alpha value is -4.67. The highest BCUT2D eigenvalue weighted by molar-refractivity contribution is 6.24. The first-order valence-corrected chi connectivity index (χ1v) is 15.1. The first kappa shape index (κ1) is 31.7. The average Bonchev–Trinajstić information content (AvgIpc) is 3.41. The molecule has 2 fully saturated rings. The number of carbonyl (C=O) groups excluding carboxylic acids is 7. The third-order valence-corrected chi connectivity index (χ3v) is 8.67. The van der Waals surface area contributed by atoms with Crippen molar-refractivity contribution in [1.29, 1.82) is 0 Å². The van der Waals surface area contributed by atoms with Crippen LogP contribution in [0, 0.1) is 0 Å². The summed E-state index contributed by atoms with van der Waals surface area (Å²) in [5, 5.41) is 4.52. The van der Waals surface area contributed by atoms with Crippen molar-refractivity contribution < 1.29 is 33.6 Å². The van der Waals surface area contributed by atoms with Gasteiger partial charge in [-0.05, 0) is 52.5 Å². The number of rotatable bonds is 2. The van der Waals surface area contributed by atoms with E-state index in [4.69, 9.17) is 0 Å². The van der Waals surface area contributed by atoms with Crippen LogP contribution in [0.3, 0.4) is 0 Å². The molecule has 0 radical (unpaired) electrons. The number of piperidine rings is 2. The molecule has 6 rings (SSSR count). The summed E-state index contributed by atoms with van der Waals surface area (Å²) in [6, 6.07) is 9.47. The van der Waals surface area contributed by atoms with Gasteiger partial charge in [0.05, 0.1) is 11.1 Å². The largest absolute Gasteiger partial charge is 0.322 e. The molecule has 0 aromatic heterocycles. The summed E-state index contributed by atoms with van der Waals surface area (Å²) in [4.78, 5) is 87.4. The number of nitrogens with zero attached hydrogens (tertiary/aromatic N) is 2. The van der Waals surface area contributed by atoms with Gasteiger partial charge < -0.3 is 4.90 Å². The van der Waals surface area contributed by atoms with Gasteiger partial charge >= 0.3 is 0 Å². The number of hydrogen-bond acceptors (Lipinski definition) is 7. The average molecular weight is 615 g/mol. The first-order valence-electron chi connectivity index (χ1n) is 15.1. The van der Waals surface area contributed by atoms with Gasteiger partial charge in [-0.3, -0.25) is 49.1 Å². The number of benzene rings is 2. The third kappa shape index (κ3) is 5.79. The fourth-order valence-electron chi connectivity index (χ4n) is 6.43. The number of carbonyl (C=O) groups is 7. The highest BCUT2D eigenvalue weighted by Gasteiger charge is 2.46. The highest BCUT2D eigenvalue weighted by atomic mass is 16.2. The van der Waals surface area contributed by atoms with Crippen LogP contribution in [0.2, 0.25) is 0 Å². The Morgan fingerprint density at radius 1 is 0.622 bits per heavy atom. The molecular weight excluding hydrogens is 576 g/mol. The molecule has 7 amide bonds. The Balaban J connectivity index is 0.000000178. The third-order valence-electron chi connectivity index (χ3n) is 8.67. The normalized spacial score (nSPS) is 21.7. The molecule has 2 aromatic rings. The lowest BCUT2D eigenvalue weighted by Gasteiger charge is -2.29. The van der Waals surface area contributed by atoms with Crippen molar-refractivity contribution in [1.82, 2.24) is 20.4 Å². The number of imide groups is 3. The van der Waals surface area contributed by atoms with Gasteiger partial charge in [0.2, 0.25) is 23.6 Å². The zero-order valence-electron chi connectivity index (χ0n) is 26.4. The quantitative estimate of drug-likeness (QED) is 0.494. The van der Waals surface area contributed by atoms with Crippen LogP contribution in [-0.2, 0) is 36.6 Å². The van der Waals surface area contributed by atoms with E-state index in [1.807, 2.05) is 45.0 Å². The summed E-state index contributed by atoms with van der Waals surface area (Å²) < 4.78 is 0. The van der Waals surface area contributed by atoms with Crippen molar-refractivity contribution in [2.75, 3.05) is 0 Å². The van der Waals surface area contributed by atoms with Crippen molar-refractivity contribution >= 4 is 41.4 Å². The van der Waals surface area contributed by atoms with Gasteiger partial charge in [-0.15, -0.1) is 0 Å². The highest BCUT2D eigenvalue weighted by Crippen LogP contribution is 2.36. The maximum atomic E-state index is 12.8. The van der Waals surface area contributed by atoms with E-state index in [1.165, 1.54) is 0 Å². The Morgan fingerprint density at radius 3 is 1.67 bits per heavy atom. The Morgan fingerprint density at radius 2 is 1.13 bits per heavy atom. The van der Waals surface area contributed by atoms with Gasteiger partial charge in [0.25, 0.3) is 17.7 Å². The second-order valence-electron chi connectivity index (χ2n) is 13.9. The lowest BCUT2D eigenvalue weighted by molar-refractivity contribution is -0.138. The zero-order valence-corrected chi connectivity index (χ0v) is 26.4. The summed E-state index contributed by atoms with van der Waals surface area (Å²) in [6.07, 6.45) is 0.967. The molecule has 4 aliphatic rings. The van der Waals surface area contributed by atoms with E-state index in [0.717, 1.165) is 21.6 Å². The van der Waals surface area contributed by atoms with Crippen LogP contribution < -0.4 is 10.6 Å². The molecular formula is C34H38N4O7. The van der Waals surface area contributed by atoms with Crippen LogP contribution >= 0.6 is 0 Å². The van der Waals surface area contributed by atoms with E-state index < -0.39 is 29.8 Å². The maximum Gasteiger partial charge on any atom is 0.262 e. The molecule has 11 nitrogen and oxygen atoms in total. The lowest BCUT2D eigenvalue weighted by Crippen LogP contribution is -2.54. The Labute approximate surface area is 261 Å². The molecule has 11 heteroatoms. The van der Waals surface area contributed by atoms with E-state index in [1.54, 1.807) is 17.0 Å². The minimum atomic E-state index is -0.923.